The molecule has 3 aromatic rings. The highest BCUT2D eigenvalue weighted by Crippen LogP contribution is 2.42. The van der Waals surface area contributed by atoms with Gasteiger partial charge in [-0.25, -0.2) is 0 Å². The Bertz CT molecular complexity index is 1810. The van der Waals surface area contributed by atoms with Crippen molar-refractivity contribution >= 4 is 51.6 Å². The van der Waals surface area contributed by atoms with Crippen molar-refractivity contribution in [3.63, 3.8) is 0 Å². The van der Waals surface area contributed by atoms with E-state index in [-0.39, 0.29) is 0 Å². The Morgan fingerprint density at radius 2 is 0.688 bits per heavy atom. The van der Waals surface area contributed by atoms with Crippen molar-refractivity contribution < 1.29 is 0 Å². The summed E-state index contributed by atoms with van der Waals surface area (Å²) in [5.41, 5.74) is 21.3. The molecular formula is C46H56Si2. The molecule has 0 aliphatic heterocycles. The zero-order valence-corrected chi connectivity index (χ0v) is 33.5. The smallest absolute Gasteiger partial charge is 0.125 e. The summed E-state index contributed by atoms with van der Waals surface area (Å²) in [5.74, 6) is 7.85. The molecule has 0 nitrogen and oxygen atoms in total. The molecule has 2 aliphatic rings. The quantitative estimate of drug-likeness (QED) is 0.182. The summed E-state index contributed by atoms with van der Waals surface area (Å²) in [6.07, 6.45) is 9.19. The fourth-order valence-corrected chi connectivity index (χ4v) is 19.6. The van der Waals surface area contributed by atoms with Crippen LogP contribution in [-0.2, 0) is 0 Å². The van der Waals surface area contributed by atoms with E-state index in [9.17, 15) is 0 Å². The number of hydrogen-bond donors (Lipinski definition) is 0. The topological polar surface area (TPSA) is 0 Å². The second kappa shape index (κ2) is 14.1. The fourth-order valence-electron chi connectivity index (χ4n) is 9.21. The molecule has 2 heteroatoms. The molecule has 0 heterocycles. The van der Waals surface area contributed by atoms with Gasteiger partial charge in [-0.3, -0.25) is 0 Å². The minimum atomic E-state index is -1.95. The number of hydrogen-bond acceptors (Lipinski definition) is 0. The molecule has 0 aromatic heterocycles. The van der Waals surface area contributed by atoms with E-state index < -0.39 is 16.1 Å². The van der Waals surface area contributed by atoms with Gasteiger partial charge in [0.05, 0.1) is 0 Å². The van der Waals surface area contributed by atoms with Gasteiger partial charge in [0.25, 0.3) is 0 Å². The summed E-state index contributed by atoms with van der Waals surface area (Å²) >= 11 is 0. The average Bonchev–Trinajstić information content (AvgIpc) is 3.27. The van der Waals surface area contributed by atoms with Crippen molar-refractivity contribution in [3.8, 4) is 22.9 Å². The van der Waals surface area contributed by atoms with Crippen LogP contribution in [-0.4, -0.2) is 16.1 Å². The van der Waals surface area contributed by atoms with E-state index in [2.05, 4.69) is 191 Å². The normalized spacial score (nSPS) is 14.0. The SMILES string of the molecule is CC(C)[Si](C#CC1=c2cc3c(cc2C=Cc2ccccc21)=C(C#C[Si](C(C)C)(C(C)C)C(C)C)c1ccccc1C=C3)(C(C)C)C(C)C. The Morgan fingerprint density at radius 1 is 0.396 bits per heavy atom. The van der Waals surface area contributed by atoms with Crippen LogP contribution >= 0.6 is 0 Å². The molecular weight excluding hydrogens is 609 g/mol. The number of rotatable bonds is 6. The van der Waals surface area contributed by atoms with Crippen LogP contribution in [0.3, 0.4) is 0 Å². The molecule has 0 amide bonds. The van der Waals surface area contributed by atoms with E-state index in [1.165, 1.54) is 43.8 Å². The van der Waals surface area contributed by atoms with Crippen molar-refractivity contribution in [1.29, 1.82) is 0 Å². The summed E-state index contributed by atoms with van der Waals surface area (Å²) in [6.45, 7) is 28.8. The van der Waals surface area contributed by atoms with Crippen LogP contribution in [0.2, 0.25) is 33.2 Å². The second-order valence-electron chi connectivity index (χ2n) is 15.9. The zero-order chi connectivity index (χ0) is 35.0. The Hall–Kier alpha value is -3.57. The van der Waals surface area contributed by atoms with E-state index >= 15 is 0 Å². The van der Waals surface area contributed by atoms with Crippen LogP contribution in [0, 0.1) is 22.9 Å². The highest BCUT2D eigenvalue weighted by Gasteiger charge is 2.42. The molecule has 0 N–H and O–H groups in total. The van der Waals surface area contributed by atoms with Crippen molar-refractivity contribution in [2.45, 2.75) is 116 Å². The summed E-state index contributed by atoms with van der Waals surface area (Å²) in [6, 6.07) is 22.4. The van der Waals surface area contributed by atoms with Gasteiger partial charge in [0, 0.05) is 11.1 Å². The molecule has 0 radical (unpaired) electrons. The molecule has 248 valence electrons. The molecule has 0 bridgehead atoms. The van der Waals surface area contributed by atoms with Gasteiger partial charge in [0.1, 0.15) is 16.1 Å². The van der Waals surface area contributed by atoms with Gasteiger partial charge in [0.15, 0.2) is 0 Å². The maximum atomic E-state index is 4.08. The monoisotopic (exact) mass is 664 g/mol. The molecule has 0 atom stereocenters. The first-order valence-corrected chi connectivity index (χ1v) is 22.8. The molecule has 0 fully saturated rings. The average molecular weight is 665 g/mol. The van der Waals surface area contributed by atoms with Crippen LogP contribution in [0.5, 0.6) is 0 Å². The minimum absolute atomic E-state index is 0.576. The molecule has 3 aromatic carbocycles. The van der Waals surface area contributed by atoms with Gasteiger partial charge in [-0.05, 0) is 89.2 Å². The lowest BCUT2D eigenvalue weighted by Gasteiger charge is -2.38. The third-order valence-electron chi connectivity index (χ3n) is 11.6. The highest BCUT2D eigenvalue weighted by molar-refractivity contribution is 6.91. The van der Waals surface area contributed by atoms with Gasteiger partial charge in [-0.15, -0.1) is 11.1 Å². The minimum Gasteiger partial charge on any atom is -0.125 e. The van der Waals surface area contributed by atoms with E-state index in [0.717, 1.165) is 11.1 Å². The Labute approximate surface area is 294 Å². The summed E-state index contributed by atoms with van der Waals surface area (Å²) in [4.78, 5) is 0. The molecule has 0 spiro atoms. The highest BCUT2D eigenvalue weighted by atomic mass is 28.3. The van der Waals surface area contributed by atoms with Gasteiger partial charge >= 0.3 is 0 Å². The molecule has 2 aliphatic carbocycles. The van der Waals surface area contributed by atoms with Gasteiger partial charge in [-0.2, -0.15) is 0 Å². The van der Waals surface area contributed by atoms with E-state index in [0.29, 0.717) is 33.2 Å². The number of benzene rings is 3. The van der Waals surface area contributed by atoms with Gasteiger partial charge in [0.2, 0.25) is 0 Å². The van der Waals surface area contributed by atoms with Crippen LogP contribution < -0.4 is 10.4 Å². The largest absolute Gasteiger partial charge is 0.146 e. The van der Waals surface area contributed by atoms with Crippen molar-refractivity contribution in [2.24, 2.45) is 0 Å². The zero-order valence-electron chi connectivity index (χ0n) is 31.5. The number of fused-ring (bicyclic) bond motifs is 4. The maximum Gasteiger partial charge on any atom is 0.146 e. The second-order valence-corrected chi connectivity index (χ2v) is 27.1. The summed E-state index contributed by atoms with van der Waals surface area (Å²) < 4.78 is 0. The first-order valence-electron chi connectivity index (χ1n) is 18.3. The first kappa shape index (κ1) is 35.7. The lowest BCUT2D eigenvalue weighted by Crippen LogP contribution is -2.43. The molecule has 0 unspecified atom stereocenters. The third kappa shape index (κ3) is 6.20. The van der Waals surface area contributed by atoms with Gasteiger partial charge in [-0.1, -0.05) is 168 Å². The molecule has 48 heavy (non-hydrogen) atoms. The van der Waals surface area contributed by atoms with Crippen LogP contribution in [0.4, 0.5) is 0 Å². The lowest BCUT2D eigenvalue weighted by atomic mass is 9.95. The molecule has 5 rings (SSSR count). The van der Waals surface area contributed by atoms with Crippen LogP contribution in [0.1, 0.15) is 116 Å². The third-order valence-corrected chi connectivity index (χ3v) is 24.2. The summed E-state index contributed by atoms with van der Waals surface area (Å²) in [5, 5.41) is 2.44. The predicted octanol–water partition coefficient (Wildman–Crippen LogP) is 11.5. The molecule has 0 saturated carbocycles. The molecule has 0 saturated heterocycles. The van der Waals surface area contributed by atoms with Crippen molar-refractivity contribution in [1.82, 2.24) is 0 Å². The Balaban J connectivity index is 1.93. The van der Waals surface area contributed by atoms with Crippen molar-refractivity contribution in [3.05, 3.63) is 104 Å². The predicted molar refractivity (Wildman–Crippen MR) is 219 cm³/mol. The van der Waals surface area contributed by atoms with Crippen LogP contribution in [0.15, 0.2) is 60.7 Å². The first-order chi connectivity index (χ1) is 22.7. The fraction of sp³-hybridized carbons (Fsp3) is 0.391. The van der Waals surface area contributed by atoms with E-state index in [1.54, 1.807) is 0 Å². The van der Waals surface area contributed by atoms with Crippen molar-refractivity contribution in [2.75, 3.05) is 0 Å². The standard InChI is InChI=1S/C46H56Si2/c1-31(2)47(32(3)4,33(5)6)27-25-43-41-19-15-13-17-37(41)21-23-39-30-46-40(29-45(39)43)24-22-38-18-14-16-20-42(38)44(46)26-28-48(34(7)8,35(9)10)36(11)12/h13-24,29-36H,1-12H3. The van der Waals surface area contributed by atoms with Crippen LogP contribution in [0.25, 0.3) is 35.5 Å². The van der Waals surface area contributed by atoms with E-state index in [1.807, 2.05) is 0 Å². The maximum absolute atomic E-state index is 4.08. The lowest BCUT2D eigenvalue weighted by molar-refractivity contribution is 0.838. The Morgan fingerprint density at radius 3 is 1.00 bits per heavy atom. The Kier molecular flexibility index (Phi) is 10.5. The van der Waals surface area contributed by atoms with E-state index in [4.69, 9.17) is 0 Å². The van der Waals surface area contributed by atoms with Gasteiger partial charge < -0.3 is 0 Å². The summed E-state index contributed by atoms with van der Waals surface area (Å²) in [7, 11) is -3.91.